The van der Waals surface area contributed by atoms with Gasteiger partial charge in [-0.2, -0.15) is 0 Å². The van der Waals surface area contributed by atoms with Gasteiger partial charge in [-0.3, -0.25) is 5.32 Å². The molecule has 18 heavy (non-hydrogen) atoms. The molecule has 0 radical (unpaired) electrons. The van der Waals surface area contributed by atoms with Gasteiger partial charge < -0.3 is 15.5 Å². The normalized spacial score (nSPS) is 13.7. The summed E-state index contributed by atoms with van der Waals surface area (Å²) in [7, 11) is 0. The molecule has 7 heteroatoms. The van der Waals surface area contributed by atoms with Crippen molar-refractivity contribution in [3.8, 4) is 0 Å². The van der Waals surface area contributed by atoms with E-state index in [1.807, 2.05) is 0 Å². The van der Waals surface area contributed by atoms with E-state index < -0.39 is 18.1 Å². The number of hydrogen-bond acceptors (Lipinski definition) is 4. The summed E-state index contributed by atoms with van der Waals surface area (Å²) in [6, 6.07) is 0.758. The Morgan fingerprint density at radius 1 is 1.44 bits per heavy atom. The first-order valence-corrected chi connectivity index (χ1v) is 6.34. The number of aliphatic hydroxyl groups is 1. The van der Waals surface area contributed by atoms with Gasteiger partial charge in [-0.05, 0) is 31.7 Å². The van der Waals surface area contributed by atoms with Gasteiger partial charge >= 0.3 is 12.0 Å². The van der Waals surface area contributed by atoms with Crippen molar-refractivity contribution in [2.24, 2.45) is 0 Å². The van der Waals surface area contributed by atoms with Crippen LogP contribution in [-0.4, -0.2) is 34.4 Å². The molecule has 1 aromatic heterocycles. The first-order chi connectivity index (χ1) is 8.40. The molecule has 4 N–H and O–H groups in total. The van der Waals surface area contributed by atoms with Gasteiger partial charge in [0, 0.05) is 6.04 Å². The molecule has 0 saturated heterocycles. The van der Waals surface area contributed by atoms with Crippen molar-refractivity contribution >= 4 is 28.3 Å². The predicted molar refractivity (Wildman–Crippen MR) is 69.2 cm³/mol. The van der Waals surface area contributed by atoms with E-state index in [0.29, 0.717) is 11.4 Å². The van der Waals surface area contributed by atoms with Crippen LogP contribution in [0.3, 0.4) is 0 Å². The number of carboxylic acids is 1. The summed E-state index contributed by atoms with van der Waals surface area (Å²) in [6.45, 7) is 3.40. The molecule has 0 spiro atoms. The highest BCUT2D eigenvalue weighted by molar-refractivity contribution is 7.14. The SMILES string of the molecule is CC(O)CC(C)NC(=O)Nc1sccc1C(=O)O. The number of anilines is 1. The van der Waals surface area contributed by atoms with E-state index in [2.05, 4.69) is 10.6 Å². The lowest BCUT2D eigenvalue weighted by atomic mass is 10.2. The maximum absolute atomic E-state index is 11.6. The molecule has 2 amide bonds. The molecule has 1 heterocycles. The molecule has 1 aromatic rings. The lowest BCUT2D eigenvalue weighted by Gasteiger charge is -2.15. The Kier molecular flexibility index (Phi) is 5.11. The molecule has 0 aromatic carbocycles. The van der Waals surface area contributed by atoms with Crippen molar-refractivity contribution in [2.45, 2.75) is 32.4 Å². The Bertz CT molecular complexity index is 430. The number of amides is 2. The Morgan fingerprint density at radius 3 is 2.67 bits per heavy atom. The summed E-state index contributed by atoms with van der Waals surface area (Å²) in [6.07, 6.45) is -0.0690. The zero-order valence-electron chi connectivity index (χ0n) is 10.1. The molecular formula is C11H16N2O4S. The summed E-state index contributed by atoms with van der Waals surface area (Å²) in [5, 5.41) is 25.0. The molecule has 0 aliphatic heterocycles. The van der Waals surface area contributed by atoms with Crippen LogP contribution in [0.4, 0.5) is 9.80 Å². The maximum Gasteiger partial charge on any atom is 0.338 e. The first kappa shape index (κ1) is 14.5. The van der Waals surface area contributed by atoms with E-state index in [4.69, 9.17) is 10.2 Å². The van der Waals surface area contributed by atoms with Crippen molar-refractivity contribution in [1.29, 1.82) is 0 Å². The van der Waals surface area contributed by atoms with E-state index in [-0.39, 0.29) is 11.6 Å². The van der Waals surface area contributed by atoms with Crippen molar-refractivity contribution < 1.29 is 19.8 Å². The Hall–Kier alpha value is -1.60. The zero-order valence-corrected chi connectivity index (χ0v) is 11.0. The third-order valence-corrected chi connectivity index (χ3v) is 3.02. The Labute approximate surface area is 109 Å². The van der Waals surface area contributed by atoms with Gasteiger partial charge in [-0.1, -0.05) is 0 Å². The Balaban J connectivity index is 2.54. The highest BCUT2D eigenvalue weighted by Crippen LogP contribution is 2.22. The quantitative estimate of drug-likeness (QED) is 0.656. The van der Waals surface area contributed by atoms with Crippen LogP contribution in [0.2, 0.25) is 0 Å². The molecule has 100 valence electrons. The minimum absolute atomic E-state index is 0.0679. The fraction of sp³-hybridized carbons (Fsp3) is 0.455. The number of aliphatic hydroxyl groups excluding tert-OH is 1. The molecule has 2 unspecified atom stereocenters. The van der Waals surface area contributed by atoms with Gasteiger partial charge in [-0.25, -0.2) is 9.59 Å². The third kappa shape index (κ3) is 4.34. The van der Waals surface area contributed by atoms with Crippen LogP contribution < -0.4 is 10.6 Å². The van der Waals surface area contributed by atoms with Gasteiger partial charge in [0.25, 0.3) is 0 Å². The average Bonchev–Trinajstić information content (AvgIpc) is 2.63. The number of urea groups is 1. The smallest absolute Gasteiger partial charge is 0.338 e. The highest BCUT2D eigenvalue weighted by Gasteiger charge is 2.15. The van der Waals surface area contributed by atoms with Crippen LogP contribution >= 0.6 is 11.3 Å². The minimum atomic E-state index is -1.08. The van der Waals surface area contributed by atoms with Crippen molar-refractivity contribution in [3.05, 3.63) is 17.0 Å². The number of carboxylic acid groups (broad SMARTS) is 1. The third-order valence-electron chi connectivity index (χ3n) is 2.19. The van der Waals surface area contributed by atoms with Crippen LogP contribution in [0.5, 0.6) is 0 Å². The monoisotopic (exact) mass is 272 g/mol. The molecule has 2 atom stereocenters. The van der Waals surface area contributed by atoms with Crippen LogP contribution in [0.25, 0.3) is 0 Å². The number of carbonyl (C=O) groups is 2. The topological polar surface area (TPSA) is 98.7 Å². The number of aromatic carboxylic acids is 1. The van der Waals surface area contributed by atoms with Crippen molar-refractivity contribution in [3.63, 3.8) is 0 Å². The van der Waals surface area contributed by atoms with Gasteiger partial charge in [0.05, 0.1) is 11.7 Å². The van der Waals surface area contributed by atoms with Crippen LogP contribution in [0.1, 0.15) is 30.6 Å². The summed E-state index contributed by atoms with van der Waals surface area (Å²) >= 11 is 1.15. The largest absolute Gasteiger partial charge is 0.478 e. The molecular weight excluding hydrogens is 256 g/mol. The summed E-state index contributed by atoms with van der Waals surface area (Å²) in [4.78, 5) is 22.4. The van der Waals surface area contributed by atoms with Gasteiger partial charge in [0.2, 0.25) is 0 Å². The van der Waals surface area contributed by atoms with E-state index in [1.165, 1.54) is 6.07 Å². The van der Waals surface area contributed by atoms with E-state index in [9.17, 15) is 9.59 Å². The molecule has 0 aliphatic rings. The van der Waals surface area contributed by atoms with Crippen LogP contribution in [0.15, 0.2) is 11.4 Å². The maximum atomic E-state index is 11.6. The van der Waals surface area contributed by atoms with E-state index in [0.717, 1.165) is 11.3 Å². The fourth-order valence-electron chi connectivity index (χ4n) is 1.51. The number of hydrogen-bond donors (Lipinski definition) is 4. The molecule has 1 rings (SSSR count). The number of rotatable bonds is 5. The number of carbonyl (C=O) groups excluding carboxylic acids is 1. The van der Waals surface area contributed by atoms with Crippen LogP contribution in [0, 0.1) is 0 Å². The van der Waals surface area contributed by atoms with E-state index >= 15 is 0 Å². The van der Waals surface area contributed by atoms with Gasteiger partial charge in [0.1, 0.15) is 5.00 Å². The van der Waals surface area contributed by atoms with Crippen molar-refractivity contribution in [2.75, 3.05) is 5.32 Å². The summed E-state index contributed by atoms with van der Waals surface area (Å²) < 4.78 is 0. The van der Waals surface area contributed by atoms with Crippen LogP contribution in [-0.2, 0) is 0 Å². The number of nitrogens with one attached hydrogen (secondary N) is 2. The zero-order chi connectivity index (χ0) is 13.7. The fourth-order valence-corrected chi connectivity index (χ4v) is 2.28. The second-order valence-corrected chi connectivity index (χ2v) is 4.97. The second-order valence-electron chi connectivity index (χ2n) is 4.05. The average molecular weight is 272 g/mol. The van der Waals surface area contributed by atoms with Gasteiger partial charge in [-0.15, -0.1) is 11.3 Å². The molecule has 0 saturated carbocycles. The minimum Gasteiger partial charge on any atom is -0.478 e. The predicted octanol–water partition coefficient (Wildman–Crippen LogP) is 1.73. The molecule has 0 fully saturated rings. The summed E-state index contributed by atoms with van der Waals surface area (Å²) in [5.74, 6) is -1.08. The van der Waals surface area contributed by atoms with Crippen molar-refractivity contribution in [1.82, 2.24) is 5.32 Å². The lowest BCUT2D eigenvalue weighted by Crippen LogP contribution is -2.37. The molecule has 0 bridgehead atoms. The standard InChI is InChI=1S/C11H16N2O4S/c1-6(5-7(2)14)12-11(17)13-9-8(10(15)16)3-4-18-9/h3-4,6-7,14H,5H2,1-2H3,(H,15,16)(H2,12,13,17). The Morgan fingerprint density at radius 2 is 2.11 bits per heavy atom. The summed E-state index contributed by atoms with van der Waals surface area (Å²) in [5.41, 5.74) is 0.0679. The highest BCUT2D eigenvalue weighted by atomic mass is 32.1. The molecule has 0 aliphatic carbocycles. The van der Waals surface area contributed by atoms with E-state index in [1.54, 1.807) is 19.2 Å². The first-order valence-electron chi connectivity index (χ1n) is 5.46. The molecule has 6 nitrogen and oxygen atoms in total. The number of thiophene rings is 1. The van der Waals surface area contributed by atoms with Gasteiger partial charge in [0.15, 0.2) is 0 Å². The lowest BCUT2D eigenvalue weighted by molar-refractivity contribution is 0.0698. The second kappa shape index (κ2) is 6.36.